The van der Waals surface area contributed by atoms with Gasteiger partial charge in [-0.25, -0.2) is 4.79 Å². The Bertz CT molecular complexity index is 1450. The minimum atomic E-state index is -0.995. The van der Waals surface area contributed by atoms with Crippen molar-refractivity contribution < 1.29 is 19.5 Å². The molecule has 0 unspecified atom stereocenters. The van der Waals surface area contributed by atoms with Crippen LogP contribution in [0.25, 0.3) is 32.9 Å². The van der Waals surface area contributed by atoms with Crippen LogP contribution in [0.4, 0.5) is 0 Å². The Morgan fingerprint density at radius 2 is 1.59 bits per heavy atom. The quantitative estimate of drug-likeness (QED) is 0.436. The summed E-state index contributed by atoms with van der Waals surface area (Å²) in [6, 6.07) is 15.6. The number of H-pyrrole nitrogens is 1. The molecule has 1 aromatic heterocycles. The van der Waals surface area contributed by atoms with Gasteiger partial charge in [-0.2, -0.15) is 0 Å². The molecule has 1 aliphatic heterocycles. The number of nitrogens with zero attached hydrogens (tertiary/aromatic N) is 2. The Morgan fingerprint density at radius 3 is 2.24 bits per heavy atom. The van der Waals surface area contributed by atoms with E-state index in [2.05, 4.69) is 9.88 Å². The second kappa shape index (κ2) is 8.31. The van der Waals surface area contributed by atoms with E-state index in [1.807, 2.05) is 36.2 Å². The molecule has 3 aromatic carbocycles. The molecular formula is C26H24N4O4. The number of nitrogens with two attached hydrogens (primary N) is 1. The summed E-state index contributed by atoms with van der Waals surface area (Å²) in [5, 5.41) is 10.9. The zero-order chi connectivity index (χ0) is 24.0. The topological polar surface area (TPSA) is 120 Å². The highest BCUT2D eigenvalue weighted by Gasteiger charge is 2.22. The third-order valence-electron chi connectivity index (χ3n) is 6.50. The number of carbonyl (C=O) groups excluding carboxylic acids is 2. The average Bonchev–Trinajstić information content (AvgIpc) is 3.22. The van der Waals surface area contributed by atoms with Gasteiger partial charge in [0.1, 0.15) is 0 Å². The molecule has 1 fully saturated rings. The number of primary amides is 1. The van der Waals surface area contributed by atoms with Crippen molar-refractivity contribution in [2.75, 3.05) is 33.2 Å². The normalized spacial score (nSPS) is 14.6. The van der Waals surface area contributed by atoms with Crippen LogP contribution in [-0.2, 0) is 0 Å². The minimum Gasteiger partial charge on any atom is -0.478 e. The molecule has 1 aliphatic rings. The molecule has 2 amide bonds. The van der Waals surface area contributed by atoms with E-state index in [4.69, 9.17) is 5.73 Å². The first-order valence-corrected chi connectivity index (χ1v) is 11.0. The van der Waals surface area contributed by atoms with Crippen molar-refractivity contribution in [1.29, 1.82) is 0 Å². The molecule has 172 valence electrons. The third-order valence-corrected chi connectivity index (χ3v) is 6.50. The van der Waals surface area contributed by atoms with E-state index in [1.165, 1.54) is 0 Å². The Balaban J connectivity index is 1.64. The van der Waals surface area contributed by atoms with Gasteiger partial charge in [-0.3, -0.25) is 9.59 Å². The summed E-state index contributed by atoms with van der Waals surface area (Å²) in [6.07, 6.45) is 0. The second-order valence-corrected chi connectivity index (χ2v) is 8.64. The van der Waals surface area contributed by atoms with Gasteiger partial charge in [0, 0.05) is 48.0 Å². The molecule has 0 radical (unpaired) electrons. The van der Waals surface area contributed by atoms with Gasteiger partial charge in [-0.15, -0.1) is 0 Å². The Labute approximate surface area is 195 Å². The zero-order valence-corrected chi connectivity index (χ0v) is 18.7. The molecule has 0 atom stereocenters. The van der Waals surface area contributed by atoms with Crippen molar-refractivity contribution in [3.05, 3.63) is 71.3 Å². The van der Waals surface area contributed by atoms with Crippen LogP contribution in [0.5, 0.6) is 0 Å². The molecule has 0 bridgehead atoms. The number of amides is 2. The van der Waals surface area contributed by atoms with Crippen molar-refractivity contribution in [2.45, 2.75) is 0 Å². The number of likely N-dealkylation sites (N-methyl/N-ethyl adjacent to an activating group) is 1. The molecule has 5 rings (SSSR count). The Kier molecular flexibility index (Phi) is 5.30. The van der Waals surface area contributed by atoms with Gasteiger partial charge in [0.25, 0.3) is 11.8 Å². The molecular weight excluding hydrogens is 432 g/mol. The fraction of sp³-hybridized carbons (Fsp3) is 0.192. The summed E-state index contributed by atoms with van der Waals surface area (Å²) >= 11 is 0. The molecule has 0 aliphatic carbocycles. The van der Waals surface area contributed by atoms with Crippen molar-refractivity contribution in [3.63, 3.8) is 0 Å². The van der Waals surface area contributed by atoms with Crippen LogP contribution in [0.2, 0.25) is 0 Å². The van der Waals surface area contributed by atoms with E-state index < -0.39 is 11.9 Å². The number of hydrogen-bond acceptors (Lipinski definition) is 4. The number of nitrogens with one attached hydrogen (secondary N) is 1. The smallest absolute Gasteiger partial charge is 0.335 e. The highest BCUT2D eigenvalue weighted by molar-refractivity contribution is 6.20. The second-order valence-electron chi connectivity index (χ2n) is 8.64. The minimum absolute atomic E-state index is 0.0201. The number of aromatic amines is 1. The van der Waals surface area contributed by atoms with E-state index in [9.17, 15) is 19.5 Å². The maximum absolute atomic E-state index is 13.1. The number of aromatic carboxylic acids is 1. The Morgan fingerprint density at radius 1 is 0.912 bits per heavy atom. The van der Waals surface area contributed by atoms with Crippen LogP contribution in [0.3, 0.4) is 0 Å². The number of rotatable bonds is 4. The molecule has 1 saturated heterocycles. The molecule has 0 saturated carbocycles. The average molecular weight is 457 g/mol. The summed E-state index contributed by atoms with van der Waals surface area (Å²) < 4.78 is 0. The first kappa shape index (κ1) is 21.7. The number of fused-ring (bicyclic) bond motifs is 3. The fourth-order valence-electron chi connectivity index (χ4n) is 4.58. The third kappa shape index (κ3) is 3.68. The molecule has 4 N–H and O–H groups in total. The van der Waals surface area contributed by atoms with Crippen LogP contribution in [0.1, 0.15) is 31.1 Å². The fourth-order valence-corrected chi connectivity index (χ4v) is 4.58. The number of carboxylic acid groups (broad SMARTS) is 1. The lowest BCUT2D eigenvalue weighted by molar-refractivity contribution is 0.0662. The van der Waals surface area contributed by atoms with E-state index in [0.717, 1.165) is 40.5 Å². The first-order valence-electron chi connectivity index (χ1n) is 11.0. The van der Waals surface area contributed by atoms with Crippen molar-refractivity contribution in [3.8, 4) is 11.1 Å². The molecule has 0 spiro atoms. The summed E-state index contributed by atoms with van der Waals surface area (Å²) in [5.74, 6) is -1.57. The highest BCUT2D eigenvalue weighted by atomic mass is 16.4. The molecule has 34 heavy (non-hydrogen) atoms. The number of benzene rings is 3. The van der Waals surface area contributed by atoms with Crippen molar-refractivity contribution in [1.82, 2.24) is 14.8 Å². The predicted octanol–water partition coefficient (Wildman–Crippen LogP) is 3.17. The van der Waals surface area contributed by atoms with E-state index >= 15 is 0 Å². The zero-order valence-electron chi connectivity index (χ0n) is 18.7. The maximum Gasteiger partial charge on any atom is 0.335 e. The van der Waals surface area contributed by atoms with Crippen LogP contribution in [0, 0.1) is 0 Å². The number of hydrogen-bond donors (Lipinski definition) is 3. The lowest BCUT2D eigenvalue weighted by Crippen LogP contribution is -2.47. The van der Waals surface area contributed by atoms with E-state index in [0.29, 0.717) is 29.7 Å². The number of aromatic nitrogens is 1. The lowest BCUT2D eigenvalue weighted by atomic mass is 9.96. The molecule has 8 nitrogen and oxygen atoms in total. The van der Waals surface area contributed by atoms with Gasteiger partial charge in [-0.1, -0.05) is 24.3 Å². The van der Waals surface area contributed by atoms with Gasteiger partial charge < -0.3 is 25.6 Å². The summed E-state index contributed by atoms with van der Waals surface area (Å²) in [7, 11) is 2.04. The maximum atomic E-state index is 13.1. The van der Waals surface area contributed by atoms with Crippen LogP contribution in [0.15, 0.2) is 54.6 Å². The summed E-state index contributed by atoms with van der Waals surface area (Å²) in [4.78, 5) is 43.8. The Hall–Kier alpha value is -4.17. The van der Waals surface area contributed by atoms with E-state index in [1.54, 1.807) is 30.3 Å². The van der Waals surface area contributed by atoms with Gasteiger partial charge in [0.15, 0.2) is 0 Å². The van der Waals surface area contributed by atoms with Crippen LogP contribution < -0.4 is 5.73 Å². The van der Waals surface area contributed by atoms with Crippen molar-refractivity contribution >= 4 is 39.6 Å². The van der Waals surface area contributed by atoms with Crippen LogP contribution >= 0.6 is 0 Å². The standard InChI is InChI=1S/C26H24N4O4/c1-29-10-12-30(13-11-29)25(32)17-6-7-19-21(14-17)28-23-20(24(27)31)9-8-18(22(19)23)15-2-4-16(5-3-15)26(33)34/h2-9,14,28H,10-13H2,1H3,(H2,27,31)(H,33,34). The van der Waals surface area contributed by atoms with Gasteiger partial charge in [0.05, 0.1) is 16.6 Å². The molecule has 2 heterocycles. The summed E-state index contributed by atoms with van der Waals surface area (Å²) in [6.45, 7) is 3.05. The van der Waals surface area contributed by atoms with E-state index in [-0.39, 0.29) is 11.5 Å². The molecule has 8 heteroatoms. The lowest BCUT2D eigenvalue weighted by Gasteiger charge is -2.32. The molecule has 4 aromatic rings. The first-order chi connectivity index (χ1) is 16.3. The number of carboxylic acids is 1. The number of piperazine rings is 1. The highest BCUT2D eigenvalue weighted by Crippen LogP contribution is 2.37. The van der Waals surface area contributed by atoms with Crippen LogP contribution in [-0.4, -0.2) is 70.9 Å². The SMILES string of the molecule is CN1CCN(C(=O)c2ccc3c(c2)[nH]c2c(C(N)=O)ccc(-c4ccc(C(=O)O)cc4)c23)CC1. The predicted molar refractivity (Wildman–Crippen MR) is 130 cm³/mol. The van der Waals surface area contributed by atoms with Crippen molar-refractivity contribution in [2.24, 2.45) is 5.73 Å². The summed E-state index contributed by atoms with van der Waals surface area (Å²) in [5.41, 5.74) is 9.73. The monoisotopic (exact) mass is 456 g/mol. The number of carbonyl (C=O) groups is 3. The largest absolute Gasteiger partial charge is 0.478 e. The van der Waals surface area contributed by atoms with Gasteiger partial charge in [0.2, 0.25) is 0 Å². The van der Waals surface area contributed by atoms with Gasteiger partial charge in [-0.05, 0) is 48.5 Å². The van der Waals surface area contributed by atoms with Gasteiger partial charge >= 0.3 is 5.97 Å².